The fraction of sp³-hybridized carbons (Fsp3) is 0.412. The van der Waals surface area contributed by atoms with Gasteiger partial charge in [0.1, 0.15) is 12.7 Å². The number of halogens is 3. The molecule has 2 aromatic rings. The lowest BCUT2D eigenvalue weighted by Gasteiger charge is -2.26. The number of hydrogen-bond donors (Lipinski definition) is 2. The molecule has 0 fully saturated rings. The summed E-state index contributed by atoms with van der Waals surface area (Å²) in [4.78, 5) is 27.7. The first-order chi connectivity index (χ1) is 12.6. The Morgan fingerprint density at radius 2 is 1.89 bits per heavy atom. The second-order valence-electron chi connectivity index (χ2n) is 6.09. The Balaban J connectivity index is 2.38. The summed E-state index contributed by atoms with van der Waals surface area (Å²) >= 11 is 0. The first-order valence-electron chi connectivity index (χ1n) is 8.22. The molecule has 0 aliphatic rings. The molecule has 1 aromatic heterocycles. The van der Waals surface area contributed by atoms with Crippen LogP contribution in [0.5, 0.6) is 0 Å². The Bertz CT molecular complexity index is 815. The average Bonchev–Trinajstić information content (AvgIpc) is 3.13. The zero-order valence-electron chi connectivity index (χ0n) is 14.7. The third kappa shape index (κ3) is 4.44. The smallest absolute Gasteiger partial charge is 0.416 e. The molecule has 0 saturated heterocycles. The van der Waals surface area contributed by atoms with E-state index >= 15 is 0 Å². The van der Waals surface area contributed by atoms with Gasteiger partial charge in [0.2, 0.25) is 5.91 Å². The van der Waals surface area contributed by atoms with Gasteiger partial charge in [-0.3, -0.25) is 9.59 Å². The number of rotatable bonds is 7. The number of anilines is 1. The van der Waals surface area contributed by atoms with Gasteiger partial charge in [-0.05, 0) is 31.0 Å². The summed E-state index contributed by atoms with van der Waals surface area (Å²) in [5.74, 6) is -1.81. The summed E-state index contributed by atoms with van der Waals surface area (Å²) in [6.45, 7) is 3.30. The van der Waals surface area contributed by atoms with Crippen molar-refractivity contribution in [3.63, 3.8) is 0 Å². The lowest BCUT2D eigenvalue weighted by molar-refractivity contribution is -0.151. The maximum atomic E-state index is 13.0. The molecule has 2 N–H and O–H groups in total. The normalized spacial score (nSPS) is 12.0. The molecule has 27 heavy (non-hydrogen) atoms. The molecule has 1 aromatic carbocycles. The summed E-state index contributed by atoms with van der Waals surface area (Å²) in [5.41, 5.74) is -2.18. The Labute approximate surface area is 153 Å². The van der Waals surface area contributed by atoms with Crippen LogP contribution in [0.3, 0.4) is 0 Å². The maximum Gasteiger partial charge on any atom is 0.416 e. The molecule has 146 valence electrons. The standard InChI is InChI=1S/C17H19F3N4O3/c1-3-16(4-2,15(26)27)8-14(25)23-12-7-11(17(18,19)20)5-6-13(12)24-10-21-9-22-24/h5-7,9-10H,3-4,8H2,1-2H3,(H,23,25)(H,26,27). The Kier molecular flexibility index (Phi) is 5.87. The van der Waals surface area contributed by atoms with E-state index in [1.165, 1.54) is 17.3 Å². The molecule has 0 spiro atoms. The summed E-state index contributed by atoms with van der Waals surface area (Å²) in [6, 6.07) is 2.82. The summed E-state index contributed by atoms with van der Waals surface area (Å²) in [7, 11) is 0. The van der Waals surface area contributed by atoms with Crippen molar-refractivity contribution < 1.29 is 27.9 Å². The third-order valence-corrected chi connectivity index (χ3v) is 4.57. The molecule has 0 saturated carbocycles. The van der Waals surface area contributed by atoms with Gasteiger partial charge in [-0.1, -0.05) is 13.8 Å². The number of carbonyl (C=O) groups excluding carboxylic acids is 1. The molecule has 0 aliphatic carbocycles. The van der Waals surface area contributed by atoms with E-state index in [-0.39, 0.29) is 30.6 Å². The van der Waals surface area contributed by atoms with E-state index in [4.69, 9.17) is 0 Å². The number of benzene rings is 1. The Morgan fingerprint density at radius 3 is 2.37 bits per heavy atom. The zero-order valence-corrected chi connectivity index (χ0v) is 14.7. The molecule has 2 rings (SSSR count). The van der Waals surface area contributed by atoms with Crippen molar-refractivity contribution in [3.05, 3.63) is 36.4 Å². The molecule has 0 radical (unpaired) electrons. The minimum absolute atomic E-state index is 0.133. The zero-order chi connectivity index (χ0) is 20.2. The number of amides is 1. The van der Waals surface area contributed by atoms with Crippen LogP contribution in [0.15, 0.2) is 30.9 Å². The first-order valence-corrected chi connectivity index (χ1v) is 8.22. The van der Waals surface area contributed by atoms with E-state index < -0.39 is 29.0 Å². The van der Waals surface area contributed by atoms with Gasteiger partial charge < -0.3 is 10.4 Å². The third-order valence-electron chi connectivity index (χ3n) is 4.57. The summed E-state index contributed by atoms with van der Waals surface area (Å²) < 4.78 is 40.3. The molecule has 0 unspecified atom stereocenters. The Hall–Kier alpha value is -2.91. The van der Waals surface area contributed by atoms with Crippen molar-refractivity contribution in [2.75, 3.05) is 5.32 Å². The van der Waals surface area contributed by atoms with Crippen LogP contribution in [-0.2, 0) is 15.8 Å². The van der Waals surface area contributed by atoms with Crippen LogP contribution in [-0.4, -0.2) is 31.7 Å². The number of carbonyl (C=O) groups is 2. The second kappa shape index (κ2) is 7.77. The molecule has 1 heterocycles. The fourth-order valence-corrected chi connectivity index (χ4v) is 2.72. The fourth-order valence-electron chi connectivity index (χ4n) is 2.72. The molecular formula is C17H19F3N4O3. The lowest BCUT2D eigenvalue weighted by atomic mass is 9.79. The van der Waals surface area contributed by atoms with E-state index in [1.807, 2.05) is 0 Å². The number of nitrogens with one attached hydrogen (secondary N) is 1. The van der Waals surface area contributed by atoms with Gasteiger partial charge in [-0.25, -0.2) is 9.67 Å². The largest absolute Gasteiger partial charge is 0.481 e. The Morgan fingerprint density at radius 1 is 1.22 bits per heavy atom. The molecule has 1 amide bonds. The molecular weight excluding hydrogens is 365 g/mol. The van der Waals surface area contributed by atoms with Crippen LogP contribution in [0.2, 0.25) is 0 Å². The predicted octanol–water partition coefficient (Wildman–Crippen LogP) is 3.51. The van der Waals surface area contributed by atoms with Gasteiger partial charge in [0.25, 0.3) is 0 Å². The van der Waals surface area contributed by atoms with Gasteiger partial charge in [0.05, 0.1) is 22.4 Å². The van der Waals surface area contributed by atoms with E-state index in [2.05, 4.69) is 15.4 Å². The average molecular weight is 384 g/mol. The van der Waals surface area contributed by atoms with Crippen molar-refractivity contribution >= 4 is 17.6 Å². The van der Waals surface area contributed by atoms with Crippen LogP contribution in [0, 0.1) is 5.41 Å². The highest BCUT2D eigenvalue weighted by Gasteiger charge is 2.37. The van der Waals surface area contributed by atoms with Crippen LogP contribution in [0.4, 0.5) is 18.9 Å². The minimum Gasteiger partial charge on any atom is -0.481 e. The van der Waals surface area contributed by atoms with Crippen LogP contribution < -0.4 is 5.32 Å². The highest BCUT2D eigenvalue weighted by molar-refractivity contribution is 5.96. The van der Waals surface area contributed by atoms with Gasteiger partial charge in [-0.2, -0.15) is 18.3 Å². The highest BCUT2D eigenvalue weighted by atomic mass is 19.4. The number of hydrogen-bond acceptors (Lipinski definition) is 4. The molecule has 0 bridgehead atoms. The quantitative estimate of drug-likeness (QED) is 0.761. The van der Waals surface area contributed by atoms with Crippen LogP contribution in [0.1, 0.15) is 38.7 Å². The number of alkyl halides is 3. The molecule has 7 nitrogen and oxygen atoms in total. The number of aliphatic carboxylic acids is 1. The monoisotopic (exact) mass is 384 g/mol. The lowest BCUT2D eigenvalue weighted by Crippen LogP contribution is -2.34. The topological polar surface area (TPSA) is 97.1 Å². The van der Waals surface area contributed by atoms with Crippen LogP contribution >= 0.6 is 0 Å². The van der Waals surface area contributed by atoms with Gasteiger partial charge >= 0.3 is 12.1 Å². The van der Waals surface area contributed by atoms with E-state index in [0.29, 0.717) is 0 Å². The van der Waals surface area contributed by atoms with Crippen molar-refractivity contribution in [1.82, 2.24) is 14.8 Å². The highest BCUT2D eigenvalue weighted by Crippen LogP contribution is 2.35. The summed E-state index contributed by atoms with van der Waals surface area (Å²) in [5, 5.41) is 15.7. The summed E-state index contributed by atoms with van der Waals surface area (Å²) in [6.07, 6.45) is -2.05. The number of carboxylic acids is 1. The molecule has 0 atom stereocenters. The predicted molar refractivity (Wildman–Crippen MR) is 90.3 cm³/mol. The number of aromatic nitrogens is 3. The van der Waals surface area contributed by atoms with Crippen molar-refractivity contribution in [3.8, 4) is 5.69 Å². The SMILES string of the molecule is CCC(CC)(CC(=O)Nc1cc(C(F)(F)F)ccc1-n1cncn1)C(=O)O. The van der Waals surface area contributed by atoms with Crippen LogP contribution in [0.25, 0.3) is 5.69 Å². The number of carboxylic acid groups (broad SMARTS) is 1. The van der Waals surface area contributed by atoms with Crippen molar-refractivity contribution in [1.29, 1.82) is 0 Å². The van der Waals surface area contributed by atoms with Crippen molar-refractivity contribution in [2.24, 2.45) is 5.41 Å². The van der Waals surface area contributed by atoms with Crippen molar-refractivity contribution in [2.45, 2.75) is 39.3 Å². The maximum absolute atomic E-state index is 13.0. The van der Waals surface area contributed by atoms with E-state index in [1.54, 1.807) is 13.8 Å². The van der Waals surface area contributed by atoms with Gasteiger partial charge in [0, 0.05) is 6.42 Å². The van der Waals surface area contributed by atoms with Gasteiger partial charge in [-0.15, -0.1) is 0 Å². The first kappa shape index (κ1) is 20.4. The molecule has 0 aliphatic heterocycles. The van der Waals surface area contributed by atoms with E-state index in [0.717, 1.165) is 18.2 Å². The van der Waals surface area contributed by atoms with E-state index in [9.17, 15) is 27.9 Å². The van der Waals surface area contributed by atoms with Gasteiger partial charge in [0.15, 0.2) is 0 Å². The molecule has 10 heteroatoms. The number of nitrogens with zero attached hydrogens (tertiary/aromatic N) is 3. The second-order valence-corrected chi connectivity index (χ2v) is 6.09. The minimum atomic E-state index is -4.60.